The summed E-state index contributed by atoms with van der Waals surface area (Å²) in [4.78, 5) is 0. The highest BCUT2D eigenvalue weighted by Crippen LogP contribution is 2.41. The molecule has 13 heavy (non-hydrogen) atoms. The van der Waals surface area contributed by atoms with Gasteiger partial charge >= 0.3 is 0 Å². The fourth-order valence-corrected chi connectivity index (χ4v) is 3.06. The van der Waals surface area contributed by atoms with E-state index >= 15 is 0 Å². The average Bonchev–Trinajstić information content (AvgIpc) is 1.93. The number of rotatable bonds is 1. The Labute approximate surface area is 79.2 Å². The van der Waals surface area contributed by atoms with E-state index in [2.05, 4.69) is 0 Å². The normalized spacial score (nSPS) is 41.8. The van der Waals surface area contributed by atoms with Crippen molar-refractivity contribution in [1.29, 1.82) is 0 Å². The molecule has 0 aliphatic heterocycles. The van der Waals surface area contributed by atoms with Crippen molar-refractivity contribution in [2.24, 2.45) is 5.14 Å². The highest BCUT2D eigenvalue weighted by Gasteiger charge is 2.52. The smallest absolute Gasteiger partial charge is 0.217 e. The van der Waals surface area contributed by atoms with Gasteiger partial charge in [-0.15, -0.1) is 0 Å². The molecule has 3 N–H and O–H groups in total. The van der Waals surface area contributed by atoms with Gasteiger partial charge in [-0.2, -0.15) is 0 Å². The molecule has 1 rings (SSSR count). The second kappa shape index (κ2) is 2.93. The van der Waals surface area contributed by atoms with E-state index in [0.717, 1.165) is 12.8 Å². The Hall–Kier alpha value is -0.130. The molecule has 5 heteroatoms. The SMILES string of the molecule is C[C@]1(S(N)(=O)=O)CCCC[C@@]1(C)O. The molecule has 0 saturated heterocycles. The summed E-state index contributed by atoms with van der Waals surface area (Å²) in [7, 11) is -3.68. The lowest BCUT2D eigenvalue weighted by Gasteiger charge is -2.44. The van der Waals surface area contributed by atoms with E-state index in [4.69, 9.17) is 5.14 Å². The third-order valence-electron chi connectivity index (χ3n) is 3.33. The summed E-state index contributed by atoms with van der Waals surface area (Å²) in [6, 6.07) is 0. The monoisotopic (exact) mass is 207 g/mol. The van der Waals surface area contributed by atoms with Crippen LogP contribution in [0.3, 0.4) is 0 Å². The van der Waals surface area contributed by atoms with Gasteiger partial charge < -0.3 is 5.11 Å². The lowest BCUT2D eigenvalue weighted by atomic mass is 9.77. The summed E-state index contributed by atoms with van der Waals surface area (Å²) in [5.74, 6) is 0. The van der Waals surface area contributed by atoms with Crippen LogP contribution in [0, 0.1) is 0 Å². The van der Waals surface area contributed by atoms with Gasteiger partial charge in [-0.05, 0) is 26.7 Å². The lowest BCUT2D eigenvalue weighted by molar-refractivity contribution is -0.00984. The van der Waals surface area contributed by atoms with Crippen LogP contribution in [-0.4, -0.2) is 23.9 Å². The van der Waals surface area contributed by atoms with Crippen LogP contribution < -0.4 is 5.14 Å². The Morgan fingerprint density at radius 3 is 2.00 bits per heavy atom. The van der Waals surface area contributed by atoms with E-state index in [0.29, 0.717) is 12.8 Å². The molecule has 0 aromatic heterocycles. The molecule has 0 bridgehead atoms. The van der Waals surface area contributed by atoms with Crippen molar-refractivity contribution in [3.05, 3.63) is 0 Å². The first kappa shape index (κ1) is 10.9. The molecule has 0 amide bonds. The fourth-order valence-electron chi connectivity index (χ4n) is 1.91. The van der Waals surface area contributed by atoms with E-state index in [-0.39, 0.29) is 0 Å². The maximum Gasteiger partial charge on any atom is 0.217 e. The topological polar surface area (TPSA) is 80.4 Å². The zero-order valence-corrected chi connectivity index (χ0v) is 8.89. The zero-order valence-electron chi connectivity index (χ0n) is 8.08. The molecule has 0 aromatic carbocycles. The number of hydrogen-bond acceptors (Lipinski definition) is 3. The van der Waals surface area contributed by atoms with E-state index < -0.39 is 20.4 Å². The van der Waals surface area contributed by atoms with Crippen LogP contribution in [-0.2, 0) is 10.0 Å². The first-order chi connectivity index (χ1) is 5.71. The first-order valence-corrected chi connectivity index (χ1v) is 6.00. The second-order valence-corrected chi connectivity index (χ2v) is 6.25. The molecule has 1 aliphatic rings. The third-order valence-corrected chi connectivity index (χ3v) is 5.23. The van der Waals surface area contributed by atoms with Crippen LogP contribution in [0.25, 0.3) is 0 Å². The molecule has 0 aromatic rings. The maximum absolute atomic E-state index is 11.3. The number of primary sulfonamides is 1. The third kappa shape index (κ3) is 1.60. The summed E-state index contributed by atoms with van der Waals surface area (Å²) in [5.41, 5.74) is -1.20. The highest BCUT2D eigenvalue weighted by molar-refractivity contribution is 7.90. The first-order valence-electron chi connectivity index (χ1n) is 4.45. The number of nitrogens with two attached hydrogens (primary N) is 1. The number of aliphatic hydroxyl groups is 1. The van der Waals surface area contributed by atoms with Crippen molar-refractivity contribution in [2.75, 3.05) is 0 Å². The van der Waals surface area contributed by atoms with Crippen LogP contribution in [0.2, 0.25) is 0 Å². The van der Waals surface area contributed by atoms with E-state index in [1.165, 1.54) is 6.92 Å². The highest BCUT2D eigenvalue weighted by atomic mass is 32.2. The molecule has 1 fully saturated rings. The summed E-state index contributed by atoms with van der Waals surface area (Å²) >= 11 is 0. The predicted molar refractivity (Wildman–Crippen MR) is 50.6 cm³/mol. The number of sulfonamides is 1. The molecule has 0 heterocycles. The predicted octanol–water partition coefficient (Wildman–Crippen LogP) is 0.359. The van der Waals surface area contributed by atoms with Gasteiger partial charge in [0.15, 0.2) is 0 Å². The Morgan fingerprint density at radius 2 is 1.69 bits per heavy atom. The number of hydrogen-bond donors (Lipinski definition) is 2. The molecular weight excluding hydrogens is 190 g/mol. The molecule has 1 saturated carbocycles. The largest absolute Gasteiger partial charge is 0.388 e. The summed E-state index contributed by atoms with van der Waals surface area (Å²) in [5, 5.41) is 15.1. The molecule has 0 radical (unpaired) electrons. The molecule has 4 nitrogen and oxygen atoms in total. The molecular formula is C8H17NO3S. The van der Waals surface area contributed by atoms with Crippen LogP contribution in [0.4, 0.5) is 0 Å². The Bertz CT molecular complexity index is 297. The van der Waals surface area contributed by atoms with E-state index in [1.807, 2.05) is 0 Å². The minimum absolute atomic E-state index is 0.443. The van der Waals surface area contributed by atoms with Gasteiger partial charge in [0, 0.05) is 0 Å². The average molecular weight is 207 g/mol. The van der Waals surface area contributed by atoms with Crippen LogP contribution in [0.1, 0.15) is 39.5 Å². The molecule has 1 aliphatic carbocycles. The molecule has 0 spiro atoms. The van der Waals surface area contributed by atoms with Crippen LogP contribution >= 0.6 is 0 Å². The maximum atomic E-state index is 11.3. The van der Waals surface area contributed by atoms with Crippen molar-refractivity contribution in [1.82, 2.24) is 0 Å². The van der Waals surface area contributed by atoms with Crippen molar-refractivity contribution < 1.29 is 13.5 Å². The van der Waals surface area contributed by atoms with E-state index in [1.54, 1.807) is 6.92 Å². The van der Waals surface area contributed by atoms with Crippen molar-refractivity contribution in [3.8, 4) is 0 Å². The van der Waals surface area contributed by atoms with Gasteiger partial charge in [0.2, 0.25) is 10.0 Å². The molecule has 2 atom stereocenters. The van der Waals surface area contributed by atoms with Crippen molar-refractivity contribution in [2.45, 2.75) is 49.9 Å². The minimum Gasteiger partial charge on any atom is -0.388 e. The second-order valence-electron chi connectivity index (χ2n) is 4.26. The Morgan fingerprint density at radius 1 is 1.23 bits per heavy atom. The van der Waals surface area contributed by atoms with Gasteiger partial charge in [0.1, 0.15) is 4.75 Å². The van der Waals surface area contributed by atoms with E-state index in [9.17, 15) is 13.5 Å². The van der Waals surface area contributed by atoms with Gasteiger partial charge in [0.05, 0.1) is 5.60 Å². The Balaban J connectivity index is 3.13. The Kier molecular flexibility index (Phi) is 2.47. The lowest BCUT2D eigenvalue weighted by Crippen LogP contribution is -2.59. The van der Waals surface area contributed by atoms with Gasteiger partial charge in [0.25, 0.3) is 0 Å². The van der Waals surface area contributed by atoms with Crippen molar-refractivity contribution >= 4 is 10.0 Å². The summed E-state index contributed by atoms with van der Waals surface area (Å²) < 4.78 is 21.5. The van der Waals surface area contributed by atoms with Crippen LogP contribution in [0.15, 0.2) is 0 Å². The minimum atomic E-state index is -3.68. The molecule has 0 unspecified atom stereocenters. The summed E-state index contributed by atoms with van der Waals surface area (Å²) in [6.07, 6.45) is 2.61. The quantitative estimate of drug-likeness (QED) is 0.651. The zero-order chi connectivity index (χ0) is 10.3. The van der Waals surface area contributed by atoms with Gasteiger partial charge in [-0.25, -0.2) is 13.6 Å². The fraction of sp³-hybridized carbons (Fsp3) is 1.00. The standard InChI is InChI=1S/C8H17NO3S/c1-7(10)5-3-4-6-8(7,2)13(9,11)12/h10H,3-6H2,1-2H3,(H2,9,11,12)/t7-,8+/m1/s1. The summed E-state index contributed by atoms with van der Waals surface area (Å²) in [6.45, 7) is 3.08. The van der Waals surface area contributed by atoms with Gasteiger partial charge in [-0.1, -0.05) is 12.8 Å². The van der Waals surface area contributed by atoms with Crippen LogP contribution in [0.5, 0.6) is 0 Å². The van der Waals surface area contributed by atoms with Gasteiger partial charge in [-0.3, -0.25) is 0 Å². The van der Waals surface area contributed by atoms with Crippen molar-refractivity contribution in [3.63, 3.8) is 0 Å². The molecule has 78 valence electrons.